The van der Waals surface area contributed by atoms with Crippen LogP contribution in [0.15, 0.2) is 0 Å². The molecule has 1 rings (SSSR count). The maximum absolute atomic E-state index is 2.55. The fraction of sp³-hybridized carbons (Fsp3) is 0.750. The molecule has 1 heteroatoms. The SMILES string of the molecule is [CH]1=[SnH][CH2]CC1. The summed E-state index contributed by atoms with van der Waals surface area (Å²) in [5, 5.41) is 0. The molecule has 0 saturated heterocycles. The molecule has 1 aliphatic heterocycles. The van der Waals surface area contributed by atoms with Crippen LogP contribution in [0.3, 0.4) is 0 Å². The van der Waals surface area contributed by atoms with Crippen molar-refractivity contribution in [3.8, 4) is 0 Å². The first-order valence-electron chi connectivity index (χ1n) is 2.15. The van der Waals surface area contributed by atoms with Gasteiger partial charge in [-0.25, -0.2) is 0 Å². The molecule has 0 aromatic rings. The summed E-state index contributed by atoms with van der Waals surface area (Å²) in [4.78, 5) is 0. The number of rotatable bonds is 0. The Bertz CT molecular complexity index is 41.6. The summed E-state index contributed by atoms with van der Waals surface area (Å²) < 4.78 is 4.19. The Morgan fingerprint density at radius 1 is 1.60 bits per heavy atom. The van der Waals surface area contributed by atoms with Crippen LogP contribution in [0.25, 0.3) is 0 Å². The van der Waals surface area contributed by atoms with Gasteiger partial charge in [0.05, 0.1) is 0 Å². The van der Waals surface area contributed by atoms with Crippen LogP contribution in [-0.2, 0) is 0 Å². The second-order valence-electron chi connectivity index (χ2n) is 1.40. The topological polar surface area (TPSA) is 0 Å². The third-order valence-electron chi connectivity index (χ3n) is 0.908. The summed E-state index contributed by atoms with van der Waals surface area (Å²) in [7, 11) is 0. The molecule has 0 atom stereocenters. The zero-order valence-corrected chi connectivity index (χ0v) is 6.57. The van der Waals surface area contributed by atoms with Gasteiger partial charge < -0.3 is 0 Å². The molecule has 0 spiro atoms. The molecule has 0 bridgehead atoms. The maximum atomic E-state index is 2.55. The van der Waals surface area contributed by atoms with Crippen molar-refractivity contribution >= 4 is 24.7 Å². The van der Waals surface area contributed by atoms with Gasteiger partial charge >= 0.3 is 42.0 Å². The molecule has 0 N–H and O–H groups in total. The third kappa shape index (κ3) is 1.03. The van der Waals surface area contributed by atoms with E-state index < -0.39 is 0 Å². The Balaban J connectivity index is 2.32. The third-order valence-corrected chi connectivity index (χ3v) is 4.93. The van der Waals surface area contributed by atoms with Crippen LogP contribution in [0.1, 0.15) is 12.8 Å². The molecule has 5 heavy (non-hydrogen) atoms. The van der Waals surface area contributed by atoms with Crippen molar-refractivity contribution in [2.75, 3.05) is 0 Å². The average molecular weight is 175 g/mol. The van der Waals surface area contributed by atoms with E-state index in [4.69, 9.17) is 0 Å². The average Bonchev–Trinajstić information content (AvgIpc) is 1.76. The summed E-state index contributed by atoms with van der Waals surface area (Å²) in [5.41, 5.74) is 0. The first-order valence-corrected chi connectivity index (χ1v) is 6.38. The summed E-state index contributed by atoms with van der Waals surface area (Å²) in [6.45, 7) is 0. The Labute approximate surface area is 42.3 Å². The van der Waals surface area contributed by atoms with Crippen molar-refractivity contribution in [1.29, 1.82) is 0 Å². The molecule has 0 aliphatic carbocycles. The van der Waals surface area contributed by atoms with E-state index in [2.05, 4.69) is 4.02 Å². The molecule has 1 heterocycles. The number of hydrogen-bond acceptors (Lipinski definition) is 0. The number of hydrogen-bond donors (Lipinski definition) is 0. The van der Waals surface area contributed by atoms with Crippen LogP contribution in [-0.4, -0.2) is 24.7 Å². The summed E-state index contributed by atoms with van der Waals surface area (Å²) in [5.74, 6) is 0. The molecular formula is C4H8Sn. The van der Waals surface area contributed by atoms with E-state index in [-0.39, 0.29) is 20.7 Å². The Morgan fingerprint density at radius 3 is 2.80 bits per heavy atom. The van der Waals surface area contributed by atoms with E-state index in [1.165, 1.54) is 12.8 Å². The second-order valence-corrected chi connectivity index (χ2v) is 5.74. The van der Waals surface area contributed by atoms with Crippen LogP contribution in [0.2, 0.25) is 4.44 Å². The van der Waals surface area contributed by atoms with Crippen LogP contribution in [0.5, 0.6) is 0 Å². The Morgan fingerprint density at radius 2 is 2.60 bits per heavy atom. The van der Waals surface area contributed by atoms with Gasteiger partial charge in [0.15, 0.2) is 0 Å². The van der Waals surface area contributed by atoms with Crippen LogP contribution in [0.4, 0.5) is 0 Å². The van der Waals surface area contributed by atoms with Crippen molar-refractivity contribution in [3.05, 3.63) is 0 Å². The van der Waals surface area contributed by atoms with Crippen LogP contribution >= 0.6 is 0 Å². The molecular weight excluding hydrogens is 167 g/mol. The van der Waals surface area contributed by atoms with Gasteiger partial charge in [-0.15, -0.1) is 0 Å². The molecule has 0 aromatic heterocycles. The second kappa shape index (κ2) is 1.96. The summed E-state index contributed by atoms with van der Waals surface area (Å²) >= 11 is 0.0661. The van der Waals surface area contributed by atoms with Gasteiger partial charge in [0.25, 0.3) is 0 Å². The van der Waals surface area contributed by atoms with E-state index in [0.717, 1.165) is 0 Å². The van der Waals surface area contributed by atoms with Gasteiger partial charge in [0.1, 0.15) is 0 Å². The molecule has 0 radical (unpaired) electrons. The van der Waals surface area contributed by atoms with Crippen LogP contribution in [0, 0.1) is 0 Å². The normalized spacial score (nSPS) is 20.8. The molecule has 0 fully saturated rings. The molecule has 0 saturated carbocycles. The van der Waals surface area contributed by atoms with Crippen molar-refractivity contribution < 1.29 is 0 Å². The van der Waals surface area contributed by atoms with Crippen molar-refractivity contribution in [1.82, 2.24) is 0 Å². The zero-order chi connectivity index (χ0) is 3.54. The standard InChI is InChI=1S/C4H7.Sn.H/c1-3-4-2;;/h1H,2-4H2;;. The van der Waals surface area contributed by atoms with Gasteiger partial charge in [-0.05, 0) is 0 Å². The van der Waals surface area contributed by atoms with Gasteiger partial charge in [-0.2, -0.15) is 0 Å². The van der Waals surface area contributed by atoms with Gasteiger partial charge in [-0.1, -0.05) is 0 Å². The fourth-order valence-electron chi connectivity index (χ4n) is 0.589. The zero-order valence-electron chi connectivity index (χ0n) is 3.28. The van der Waals surface area contributed by atoms with E-state index in [9.17, 15) is 0 Å². The minimum atomic E-state index is 0.0661. The Kier molecular flexibility index (Phi) is 1.50. The van der Waals surface area contributed by atoms with E-state index in [1.54, 1.807) is 4.44 Å². The summed E-state index contributed by atoms with van der Waals surface area (Å²) in [6.07, 6.45) is 2.99. The van der Waals surface area contributed by atoms with Crippen molar-refractivity contribution in [2.24, 2.45) is 0 Å². The van der Waals surface area contributed by atoms with Gasteiger partial charge in [-0.3, -0.25) is 0 Å². The van der Waals surface area contributed by atoms with E-state index in [1.807, 2.05) is 0 Å². The van der Waals surface area contributed by atoms with Gasteiger partial charge in [0, 0.05) is 0 Å². The molecule has 28 valence electrons. The van der Waals surface area contributed by atoms with Crippen molar-refractivity contribution in [2.45, 2.75) is 17.3 Å². The quantitative estimate of drug-likeness (QED) is 0.468. The molecule has 0 unspecified atom stereocenters. The predicted molar refractivity (Wildman–Crippen MR) is 27.3 cm³/mol. The summed E-state index contributed by atoms with van der Waals surface area (Å²) in [6, 6.07) is 0. The first kappa shape index (κ1) is 3.85. The minimum absolute atomic E-state index is 0.0661. The molecule has 0 aromatic carbocycles. The van der Waals surface area contributed by atoms with Crippen molar-refractivity contribution in [3.63, 3.8) is 0 Å². The fourth-order valence-corrected chi connectivity index (χ4v) is 3.95. The molecule has 1 aliphatic rings. The van der Waals surface area contributed by atoms with Gasteiger partial charge in [0.2, 0.25) is 0 Å². The monoisotopic (exact) mass is 176 g/mol. The molecule has 0 nitrogen and oxygen atoms in total. The van der Waals surface area contributed by atoms with Crippen LogP contribution < -0.4 is 0 Å². The Hall–Kier alpha value is 0.669. The predicted octanol–water partition coefficient (Wildman–Crippen LogP) is 0.437. The molecule has 0 amide bonds. The van der Waals surface area contributed by atoms with E-state index in [0.29, 0.717) is 0 Å². The first-order chi connectivity index (χ1) is 2.50. The van der Waals surface area contributed by atoms with E-state index >= 15 is 0 Å².